The van der Waals surface area contributed by atoms with Crippen molar-refractivity contribution in [2.75, 3.05) is 0 Å². The molecule has 0 spiro atoms. The van der Waals surface area contributed by atoms with Gasteiger partial charge in [-0.3, -0.25) is 0 Å². The number of hydrogen-bond acceptors (Lipinski definition) is 3. The molecule has 0 bridgehead atoms. The van der Waals surface area contributed by atoms with Crippen LogP contribution in [0.15, 0.2) is 75.7 Å². The maximum absolute atomic E-state index is 11.3. The van der Waals surface area contributed by atoms with Crippen LogP contribution in [-0.4, -0.2) is 17.2 Å². The highest BCUT2D eigenvalue weighted by molar-refractivity contribution is 9.11. The number of fused-ring (bicyclic) bond motifs is 4. The first-order valence-electron chi connectivity index (χ1n) is 9.66. The zero-order chi connectivity index (χ0) is 21.7. The van der Waals surface area contributed by atoms with Crippen LogP contribution in [0, 0.1) is 0 Å². The van der Waals surface area contributed by atoms with Crippen LogP contribution in [0.3, 0.4) is 0 Å². The summed E-state index contributed by atoms with van der Waals surface area (Å²) in [5.74, 6) is -0.496. The standard InChI is InChI=1S/C25H16Br2O3S/c1-13(25(28)29)30-19-12-14(10-11-18(19)26)21-15-6-2-3-7-16(15)23(27)24-22(21)17-8-4-5-9-20(17)31-24/h2-13H,1H3,(H,28,29)/t13-/m0/s1. The Kier molecular flexibility index (Phi) is 5.24. The molecule has 0 fully saturated rings. The lowest BCUT2D eigenvalue weighted by molar-refractivity contribution is -0.144. The van der Waals surface area contributed by atoms with Gasteiger partial charge in [0, 0.05) is 19.9 Å². The first kappa shape index (κ1) is 20.5. The van der Waals surface area contributed by atoms with E-state index in [0.29, 0.717) is 5.75 Å². The minimum Gasteiger partial charge on any atom is -0.479 e. The number of ether oxygens (including phenoxy) is 1. The van der Waals surface area contributed by atoms with Crippen LogP contribution >= 0.6 is 43.2 Å². The number of thiophene rings is 1. The van der Waals surface area contributed by atoms with Crippen LogP contribution < -0.4 is 4.74 Å². The molecule has 1 aromatic heterocycles. The summed E-state index contributed by atoms with van der Waals surface area (Å²) < 4.78 is 9.96. The van der Waals surface area contributed by atoms with Gasteiger partial charge in [-0.2, -0.15) is 0 Å². The molecule has 154 valence electrons. The number of aliphatic carboxylic acids is 1. The maximum atomic E-state index is 11.3. The van der Waals surface area contributed by atoms with Gasteiger partial charge in [0.15, 0.2) is 6.10 Å². The molecule has 1 atom stereocenters. The van der Waals surface area contributed by atoms with E-state index in [0.717, 1.165) is 30.8 Å². The second-order valence-electron chi connectivity index (χ2n) is 7.28. The molecule has 0 amide bonds. The Hall–Kier alpha value is -2.41. The van der Waals surface area contributed by atoms with E-state index in [1.165, 1.54) is 27.1 Å². The van der Waals surface area contributed by atoms with Gasteiger partial charge in [0.1, 0.15) is 5.75 Å². The zero-order valence-corrected chi connectivity index (χ0v) is 20.3. The highest BCUT2D eigenvalue weighted by Gasteiger charge is 2.20. The van der Waals surface area contributed by atoms with Gasteiger partial charge in [0.25, 0.3) is 0 Å². The van der Waals surface area contributed by atoms with Gasteiger partial charge in [-0.05, 0) is 78.9 Å². The summed E-state index contributed by atoms with van der Waals surface area (Å²) in [7, 11) is 0. The lowest BCUT2D eigenvalue weighted by Gasteiger charge is -2.16. The van der Waals surface area contributed by atoms with Crippen LogP contribution in [0.25, 0.3) is 42.1 Å². The highest BCUT2D eigenvalue weighted by atomic mass is 79.9. The third kappa shape index (κ3) is 3.43. The Morgan fingerprint density at radius 2 is 1.65 bits per heavy atom. The SMILES string of the molecule is C[C@H](Oc1cc(-c2c3ccccc3c(Br)c3sc4ccccc4c23)ccc1Br)C(=O)O. The molecule has 5 aromatic rings. The molecule has 6 heteroatoms. The van der Waals surface area contributed by atoms with E-state index in [-0.39, 0.29) is 0 Å². The number of carbonyl (C=O) groups is 1. The Morgan fingerprint density at radius 1 is 0.968 bits per heavy atom. The van der Waals surface area contributed by atoms with Gasteiger partial charge in [-0.15, -0.1) is 11.3 Å². The van der Waals surface area contributed by atoms with Crippen molar-refractivity contribution < 1.29 is 14.6 Å². The van der Waals surface area contributed by atoms with E-state index >= 15 is 0 Å². The molecule has 0 unspecified atom stereocenters. The lowest BCUT2D eigenvalue weighted by Crippen LogP contribution is -2.23. The average Bonchev–Trinajstić information content (AvgIpc) is 3.16. The largest absolute Gasteiger partial charge is 0.479 e. The fourth-order valence-corrected chi connectivity index (χ4v) is 6.17. The first-order valence-corrected chi connectivity index (χ1v) is 12.1. The van der Waals surface area contributed by atoms with Crippen molar-refractivity contribution in [1.29, 1.82) is 0 Å². The van der Waals surface area contributed by atoms with Gasteiger partial charge in [-0.25, -0.2) is 4.79 Å². The van der Waals surface area contributed by atoms with Crippen molar-refractivity contribution in [3.05, 3.63) is 75.7 Å². The number of halogens is 2. The van der Waals surface area contributed by atoms with Gasteiger partial charge in [0.05, 0.1) is 9.17 Å². The molecule has 0 saturated heterocycles. The first-order chi connectivity index (χ1) is 15.0. The summed E-state index contributed by atoms with van der Waals surface area (Å²) in [6, 6.07) is 22.6. The minimum absolute atomic E-state index is 0.507. The Labute approximate surface area is 199 Å². The summed E-state index contributed by atoms with van der Waals surface area (Å²) in [5.41, 5.74) is 2.10. The van der Waals surface area contributed by atoms with Crippen molar-refractivity contribution in [3.63, 3.8) is 0 Å². The quantitative estimate of drug-likeness (QED) is 0.243. The predicted molar refractivity (Wildman–Crippen MR) is 135 cm³/mol. The topological polar surface area (TPSA) is 46.5 Å². The van der Waals surface area contributed by atoms with Gasteiger partial charge in [-0.1, -0.05) is 48.5 Å². The Morgan fingerprint density at radius 3 is 2.39 bits per heavy atom. The number of hydrogen-bond donors (Lipinski definition) is 1. The predicted octanol–water partition coefficient (Wildman–Crippen LogP) is 8.25. The number of rotatable bonds is 4. The van der Waals surface area contributed by atoms with E-state index in [1.807, 2.05) is 30.3 Å². The fourth-order valence-electron chi connectivity index (χ4n) is 3.89. The molecule has 1 N–H and O–H groups in total. The smallest absolute Gasteiger partial charge is 0.344 e. The Balaban J connectivity index is 1.88. The summed E-state index contributed by atoms with van der Waals surface area (Å²) in [6.07, 6.45) is -0.949. The molecular weight excluding hydrogens is 540 g/mol. The monoisotopic (exact) mass is 554 g/mol. The van der Waals surface area contributed by atoms with Crippen LogP contribution in [0.5, 0.6) is 5.75 Å². The van der Waals surface area contributed by atoms with E-state index < -0.39 is 12.1 Å². The Bertz CT molecular complexity index is 1490. The van der Waals surface area contributed by atoms with E-state index in [9.17, 15) is 9.90 Å². The lowest BCUT2D eigenvalue weighted by atomic mass is 9.93. The molecule has 3 nitrogen and oxygen atoms in total. The van der Waals surface area contributed by atoms with Gasteiger partial charge < -0.3 is 9.84 Å². The number of carboxylic acids is 1. The van der Waals surface area contributed by atoms with Crippen LogP contribution in [0.2, 0.25) is 0 Å². The molecule has 0 radical (unpaired) electrons. The summed E-state index contributed by atoms with van der Waals surface area (Å²) in [4.78, 5) is 11.3. The van der Waals surface area contributed by atoms with E-state index in [4.69, 9.17) is 4.74 Å². The molecule has 4 aromatic carbocycles. The molecule has 0 aliphatic rings. The average molecular weight is 556 g/mol. The third-order valence-corrected chi connectivity index (χ3v) is 8.28. The summed E-state index contributed by atoms with van der Waals surface area (Å²) in [5, 5.41) is 13.9. The third-order valence-electron chi connectivity index (χ3n) is 5.35. The summed E-state index contributed by atoms with van der Waals surface area (Å²) in [6.45, 7) is 1.53. The van der Waals surface area contributed by atoms with E-state index in [1.54, 1.807) is 11.3 Å². The molecule has 1 heterocycles. The second kappa shape index (κ2) is 7.93. The van der Waals surface area contributed by atoms with Crippen molar-refractivity contribution in [2.45, 2.75) is 13.0 Å². The van der Waals surface area contributed by atoms with E-state index in [2.05, 4.69) is 68.3 Å². The highest BCUT2D eigenvalue weighted by Crippen LogP contribution is 2.49. The van der Waals surface area contributed by atoms with Crippen LogP contribution in [0.4, 0.5) is 0 Å². The normalized spacial score (nSPS) is 12.5. The van der Waals surface area contributed by atoms with Gasteiger partial charge >= 0.3 is 5.97 Å². The fraction of sp³-hybridized carbons (Fsp3) is 0.0800. The van der Waals surface area contributed by atoms with Crippen molar-refractivity contribution in [3.8, 4) is 16.9 Å². The molecule has 5 rings (SSSR count). The number of carboxylic acid groups (broad SMARTS) is 1. The molecule has 0 aliphatic heterocycles. The molecule has 31 heavy (non-hydrogen) atoms. The molecular formula is C25H16Br2O3S. The van der Waals surface area contributed by atoms with Crippen molar-refractivity contribution in [1.82, 2.24) is 0 Å². The van der Waals surface area contributed by atoms with Gasteiger partial charge in [0.2, 0.25) is 0 Å². The van der Waals surface area contributed by atoms with Crippen LogP contribution in [-0.2, 0) is 4.79 Å². The molecule has 0 aliphatic carbocycles. The molecule has 0 saturated carbocycles. The van der Waals surface area contributed by atoms with Crippen molar-refractivity contribution >= 4 is 80.1 Å². The maximum Gasteiger partial charge on any atom is 0.344 e. The van der Waals surface area contributed by atoms with Crippen molar-refractivity contribution in [2.24, 2.45) is 0 Å². The van der Waals surface area contributed by atoms with Crippen LogP contribution in [0.1, 0.15) is 6.92 Å². The minimum atomic E-state index is -1.00. The summed E-state index contributed by atoms with van der Waals surface area (Å²) >= 11 is 9.12. The number of benzene rings is 4. The zero-order valence-electron chi connectivity index (χ0n) is 16.4. The second-order valence-corrected chi connectivity index (χ2v) is 9.98.